The fourth-order valence-corrected chi connectivity index (χ4v) is 0. The van der Waals surface area contributed by atoms with Crippen molar-refractivity contribution in [3.8, 4) is 0 Å². The van der Waals surface area contributed by atoms with Gasteiger partial charge in [0.1, 0.15) is 0 Å². The van der Waals surface area contributed by atoms with E-state index in [2.05, 4.69) is 0 Å². The summed E-state index contributed by atoms with van der Waals surface area (Å²) in [5, 5.41) is 0. The molecule has 0 aromatic rings. The van der Waals surface area contributed by atoms with Crippen LogP contribution in [0.1, 0.15) is 0 Å². The topological polar surface area (TPSA) is 0 Å². The Kier molecular flexibility index (Phi) is 91.3. The van der Waals surface area contributed by atoms with E-state index in [0.29, 0.717) is 0 Å². The predicted molar refractivity (Wildman–Crippen MR) is 7.15 cm³/mol. The van der Waals surface area contributed by atoms with Crippen LogP contribution in [0.3, 0.4) is 0 Å². The molecule has 0 saturated heterocycles. The number of hydrogen-bond acceptors (Lipinski definition) is 0. The molecule has 0 spiro atoms. The first-order chi connectivity index (χ1) is 0. The summed E-state index contributed by atoms with van der Waals surface area (Å²) in [5.74, 6) is 0. The Balaban J connectivity index is 0. The van der Waals surface area contributed by atoms with Crippen LogP contribution in [0.25, 0.3) is 0 Å². The van der Waals surface area contributed by atoms with E-state index >= 15 is 0 Å². The standard InChI is InChI=1S/Ce.Ir.Rb.Zr.H. The Bertz CT molecular complexity index is 8.00. The third kappa shape index (κ3) is 9.86. The zero-order valence-corrected chi connectivity index (χ0v) is 9.33. The molecule has 0 bridgehead atoms. The van der Waals surface area contributed by atoms with E-state index in [1.165, 1.54) is 0 Å². The fourth-order valence-electron chi connectivity index (χ4n) is 0. The Hall–Kier alpha value is 4.71. The summed E-state index contributed by atoms with van der Waals surface area (Å²) in [7, 11) is 0. The summed E-state index contributed by atoms with van der Waals surface area (Å²) < 4.78 is 0. The summed E-state index contributed by atoms with van der Waals surface area (Å²) >= 11 is 0. The monoisotopic (exact) mass is 509 g/mol. The Morgan fingerprint density at radius 3 is 1.00 bits per heavy atom. The van der Waals surface area contributed by atoms with Crippen LogP contribution >= 0.6 is 0 Å². The largest absolute Gasteiger partial charge is 0 e. The number of rotatable bonds is 0. The maximum Gasteiger partial charge on any atom is 0 e. The van der Waals surface area contributed by atoms with Crippen molar-refractivity contribution in [2.24, 2.45) is 0 Å². The Morgan fingerprint density at radius 2 is 1.00 bits per heavy atom. The van der Waals surface area contributed by atoms with Gasteiger partial charge in [-0.25, -0.2) is 0 Å². The average Bonchev–Trinajstić information content (AvgIpc) is 0. The van der Waals surface area contributed by atoms with Gasteiger partial charge in [0, 0.05) is 88.1 Å². The van der Waals surface area contributed by atoms with E-state index in [4.69, 9.17) is 0 Å². The summed E-state index contributed by atoms with van der Waals surface area (Å²) in [4.78, 5) is 0. The van der Waals surface area contributed by atoms with Crippen LogP contribution < -0.4 is 0 Å². The van der Waals surface area contributed by atoms with Crippen molar-refractivity contribution < 1.29 is 88.1 Å². The van der Waals surface area contributed by atoms with Crippen LogP contribution in [0, 0.1) is 41.7 Å². The molecule has 0 aromatic heterocycles. The maximum absolute atomic E-state index is 0. The van der Waals surface area contributed by atoms with Crippen molar-refractivity contribution in [2.75, 3.05) is 0 Å². The molecule has 0 atom stereocenters. The first kappa shape index (κ1) is 23.3. The van der Waals surface area contributed by atoms with E-state index in [1.807, 2.05) is 0 Å². The van der Waals surface area contributed by atoms with Gasteiger partial charge in [0.05, 0.1) is 0 Å². The molecule has 0 N–H and O–H groups in total. The molecular formula is HCeIrRbZr. The van der Waals surface area contributed by atoms with Crippen LogP contribution in [0.15, 0.2) is 0 Å². The minimum absolute atomic E-state index is 0. The van der Waals surface area contributed by atoms with Crippen LogP contribution in [-0.2, 0) is 46.3 Å². The van der Waals surface area contributed by atoms with Crippen molar-refractivity contribution in [2.45, 2.75) is 0 Å². The van der Waals surface area contributed by atoms with Gasteiger partial charge >= 0.3 is 58.2 Å². The van der Waals surface area contributed by atoms with Crippen molar-refractivity contribution in [1.82, 2.24) is 0 Å². The van der Waals surface area contributed by atoms with Gasteiger partial charge < -0.3 is 0 Å². The summed E-state index contributed by atoms with van der Waals surface area (Å²) in [6, 6.07) is 0. The van der Waals surface area contributed by atoms with E-state index < -0.39 is 0 Å². The van der Waals surface area contributed by atoms with Crippen molar-refractivity contribution in [3.63, 3.8) is 0 Å². The van der Waals surface area contributed by atoms with Crippen molar-refractivity contribution in [1.29, 1.82) is 0 Å². The first-order valence-electron chi connectivity index (χ1n) is 0. The number of hydrogen-bond donors (Lipinski definition) is 0. The zero-order chi connectivity index (χ0) is 0. The Morgan fingerprint density at radius 1 is 1.00 bits per heavy atom. The third-order valence-corrected chi connectivity index (χ3v) is 0. The molecule has 19 valence electrons. The van der Waals surface area contributed by atoms with E-state index in [1.54, 1.807) is 0 Å². The molecular weight excluding hydrogens is 509 g/mol. The third-order valence-electron chi connectivity index (χ3n) is 0. The van der Waals surface area contributed by atoms with Gasteiger partial charge in [-0.15, -0.1) is 0 Å². The molecule has 0 saturated carbocycles. The molecule has 0 amide bonds. The molecule has 0 aliphatic carbocycles. The molecule has 0 nitrogen and oxygen atoms in total. The van der Waals surface area contributed by atoms with E-state index in [-0.39, 0.29) is 146 Å². The molecule has 0 heterocycles. The van der Waals surface area contributed by atoms with Crippen LogP contribution in [0.2, 0.25) is 0 Å². The first-order valence-corrected chi connectivity index (χ1v) is 0. The quantitative estimate of drug-likeness (QED) is 0.407. The molecule has 4 heteroatoms. The summed E-state index contributed by atoms with van der Waals surface area (Å²) in [6.07, 6.45) is 0. The van der Waals surface area contributed by atoms with Gasteiger partial charge in [-0.05, 0) is 0 Å². The molecule has 0 unspecified atom stereocenters. The molecule has 1 radical (unpaired) electrons. The smallest absolute Gasteiger partial charge is 0 e. The minimum Gasteiger partial charge on any atom is 0 e. The van der Waals surface area contributed by atoms with Crippen molar-refractivity contribution in [3.05, 3.63) is 0 Å². The van der Waals surface area contributed by atoms with Gasteiger partial charge in [0.2, 0.25) is 0 Å². The van der Waals surface area contributed by atoms with Gasteiger partial charge in [-0.1, -0.05) is 0 Å². The maximum atomic E-state index is 0. The molecule has 4 heavy (non-hydrogen) atoms. The summed E-state index contributed by atoms with van der Waals surface area (Å²) in [5.41, 5.74) is 0. The predicted octanol–water partition coefficient (Wildman–Crippen LogP) is -0.653. The SMILES string of the molecule is [Ce].[Ir].[RbH].[Zr]. The average molecular weight is 510 g/mol. The van der Waals surface area contributed by atoms with Gasteiger partial charge in [-0.2, -0.15) is 0 Å². The van der Waals surface area contributed by atoms with Crippen LogP contribution in [-0.4, -0.2) is 58.2 Å². The molecule has 0 aromatic carbocycles. The molecule has 0 aliphatic heterocycles. The van der Waals surface area contributed by atoms with Crippen LogP contribution in [0.5, 0.6) is 0 Å². The van der Waals surface area contributed by atoms with Gasteiger partial charge in [-0.3, -0.25) is 0 Å². The molecule has 0 fully saturated rings. The fraction of sp³-hybridized carbons (Fsp3) is 0. The van der Waals surface area contributed by atoms with E-state index in [9.17, 15) is 0 Å². The second-order valence-electron chi connectivity index (χ2n) is 0. The summed E-state index contributed by atoms with van der Waals surface area (Å²) in [6.45, 7) is 0. The van der Waals surface area contributed by atoms with E-state index in [0.717, 1.165) is 0 Å². The van der Waals surface area contributed by atoms with Gasteiger partial charge in [0.15, 0.2) is 0 Å². The van der Waals surface area contributed by atoms with Gasteiger partial charge in [0.25, 0.3) is 0 Å². The second kappa shape index (κ2) is 15.6. The van der Waals surface area contributed by atoms with Crippen molar-refractivity contribution >= 4 is 58.2 Å². The Labute approximate surface area is 141 Å². The second-order valence-corrected chi connectivity index (χ2v) is 0. The minimum atomic E-state index is 0. The zero-order valence-electron chi connectivity index (χ0n) is 1.33. The molecule has 0 rings (SSSR count). The molecule has 0 aliphatic rings. The van der Waals surface area contributed by atoms with Crippen LogP contribution in [0.4, 0.5) is 0 Å². The normalized spacial score (nSPS) is 0.